The Labute approximate surface area is 158 Å². The molecule has 2 rings (SSSR count). The van der Waals surface area contributed by atoms with Crippen molar-refractivity contribution in [1.29, 1.82) is 0 Å². The Morgan fingerprint density at radius 2 is 1.88 bits per heavy atom. The van der Waals surface area contributed by atoms with Crippen LogP contribution in [0.2, 0.25) is 0 Å². The van der Waals surface area contributed by atoms with E-state index in [4.69, 9.17) is 5.11 Å². The van der Waals surface area contributed by atoms with Gasteiger partial charge in [-0.15, -0.1) is 24.0 Å². The third-order valence-electron chi connectivity index (χ3n) is 4.83. The van der Waals surface area contributed by atoms with E-state index in [1.54, 1.807) is 0 Å². The molecule has 24 heavy (non-hydrogen) atoms. The molecule has 3 N–H and O–H groups in total. The number of hydrogen-bond donors (Lipinski definition) is 3. The maximum atomic E-state index is 12.4. The van der Waals surface area contributed by atoms with Crippen molar-refractivity contribution in [2.45, 2.75) is 69.4 Å². The predicted molar refractivity (Wildman–Crippen MR) is 98.8 cm³/mol. The van der Waals surface area contributed by atoms with Crippen LogP contribution < -0.4 is 10.6 Å². The average Bonchev–Trinajstić information content (AvgIpc) is 2.44. The second-order valence-electron chi connectivity index (χ2n) is 6.49. The van der Waals surface area contributed by atoms with Gasteiger partial charge >= 0.3 is 6.18 Å². The quantitative estimate of drug-likeness (QED) is 0.339. The van der Waals surface area contributed by atoms with Crippen molar-refractivity contribution in [3.63, 3.8) is 0 Å². The number of alkyl halides is 3. The number of guanidine groups is 1. The molecule has 2 aliphatic heterocycles. The molecule has 0 aromatic rings. The zero-order chi connectivity index (χ0) is 17.0. The van der Waals surface area contributed by atoms with Gasteiger partial charge in [-0.2, -0.15) is 13.2 Å². The molecule has 0 saturated carbocycles. The van der Waals surface area contributed by atoms with Gasteiger partial charge in [0.15, 0.2) is 12.1 Å². The van der Waals surface area contributed by atoms with Crippen molar-refractivity contribution in [2.24, 2.45) is 4.99 Å². The van der Waals surface area contributed by atoms with E-state index < -0.39 is 18.8 Å². The Balaban J connectivity index is 0.00000288. The van der Waals surface area contributed by atoms with Gasteiger partial charge in [-0.3, -0.25) is 4.99 Å². The summed E-state index contributed by atoms with van der Waals surface area (Å²) >= 11 is 0. The molecule has 2 aliphatic rings. The summed E-state index contributed by atoms with van der Waals surface area (Å²) in [6, 6.07) is 1.27. The van der Waals surface area contributed by atoms with Crippen molar-refractivity contribution < 1.29 is 18.3 Å². The lowest BCUT2D eigenvalue weighted by Crippen LogP contribution is -2.56. The molecule has 0 spiro atoms. The number of halogens is 4. The zero-order valence-electron chi connectivity index (χ0n) is 14.1. The molecule has 0 radical (unpaired) electrons. The van der Waals surface area contributed by atoms with Crippen LogP contribution in [0, 0.1) is 0 Å². The standard InChI is InChI=1S/C15H27F3N4O.HI/c1-3-19-14(20-9-13(23)15(16,17)18)21-10-7-11-5-4-6-12(8-10)22(11)2;/h10-13,23H,3-9H2,1-2H3,(H2,19,20,21);1H. The fourth-order valence-electron chi connectivity index (χ4n) is 3.53. The molecule has 0 amide bonds. The summed E-state index contributed by atoms with van der Waals surface area (Å²) in [6.45, 7) is 1.74. The second-order valence-corrected chi connectivity index (χ2v) is 6.49. The molecule has 3 unspecified atom stereocenters. The van der Waals surface area contributed by atoms with Gasteiger partial charge in [0.25, 0.3) is 0 Å². The van der Waals surface area contributed by atoms with Crippen LogP contribution in [-0.2, 0) is 0 Å². The summed E-state index contributed by atoms with van der Waals surface area (Å²) in [6.07, 6.45) is -1.52. The van der Waals surface area contributed by atoms with Crippen LogP contribution in [0.3, 0.4) is 0 Å². The van der Waals surface area contributed by atoms with E-state index in [1.807, 2.05) is 6.92 Å². The highest BCUT2D eigenvalue weighted by atomic mass is 127. The topological polar surface area (TPSA) is 59.9 Å². The normalized spacial score (nSPS) is 29.6. The highest BCUT2D eigenvalue weighted by Crippen LogP contribution is 2.32. The number of aliphatic hydroxyl groups excluding tert-OH is 1. The fraction of sp³-hybridized carbons (Fsp3) is 0.933. The number of nitrogens with zero attached hydrogens (tertiary/aromatic N) is 2. The van der Waals surface area contributed by atoms with Gasteiger partial charge in [0, 0.05) is 24.7 Å². The molecule has 2 saturated heterocycles. The average molecular weight is 464 g/mol. The van der Waals surface area contributed by atoms with Crippen molar-refractivity contribution in [3.05, 3.63) is 0 Å². The first-order chi connectivity index (χ1) is 10.8. The summed E-state index contributed by atoms with van der Waals surface area (Å²) in [4.78, 5) is 6.33. The molecule has 2 fully saturated rings. The number of piperidine rings is 2. The molecule has 2 bridgehead atoms. The lowest BCUT2D eigenvalue weighted by molar-refractivity contribution is -0.199. The van der Waals surface area contributed by atoms with E-state index >= 15 is 0 Å². The number of fused-ring (bicyclic) bond motifs is 2. The van der Waals surface area contributed by atoms with Crippen LogP contribution in [0.4, 0.5) is 13.2 Å². The SMILES string of the molecule is CCNC(=NCC(O)C(F)(F)F)NC1CC2CCCC(C1)N2C.I. The summed E-state index contributed by atoms with van der Waals surface area (Å²) in [5, 5.41) is 15.3. The van der Waals surface area contributed by atoms with Crippen LogP contribution in [0.15, 0.2) is 4.99 Å². The smallest absolute Gasteiger partial charge is 0.382 e. The largest absolute Gasteiger partial charge is 0.416 e. The van der Waals surface area contributed by atoms with Crippen LogP contribution in [0.25, 0.3) is 0 Å². The second kappa shape index (κ2) is 9.42. The number of nitrogens with one attached hydrogen (secondary N) is 2. The number of aliphatic imine (C=N–C) groups is 1. The number of hydrogen-bond acceptors (Lipinski definition) is 3. The Kier molecular flexibility index (Phi) is 8.54. The summed E-state index contributed by atoms with van der Waals surface area (Å²) in [7, 11) is 2.16. The zero-order valence-corrected chi connectivity index (χ0v) is 16.5. The van der Waals surface area contributed by atoms with Crippen molar-refractivity contribution >= 4 is 29.9 Å². The van der Waals surface area contributed by atoms with E-state index in [1.165, 1.54) is 19.3 Å². The monoisotopic (exact) mass is 464 g/mol. The third-order valence-corrected chi connectivity index (χ3v) is 4.83. The summed E-state index contributed by atoms with van der Waals surface area (Å²) < 4.78 is 37.1. The van der Waals surface area contributed by atoms with Gasteiger partial charge in [-0.05, 0) is 39.7 Å². The molecule has 0 aliphatic carbocycles. The maximum absolute atomic E-state index is 12.4. The van der Waals surface area contributed by atoms with Crippen LogP contribution in [-0.4, -0.2) is 66.5 Å². The van der Waals surface area contributed by atoms with Gasteiger partial charge in [0.05, 0.1) is 6.54 Å². The minimum atomic E-state index is -4.63. The van der Waals surface area contributed by atoms with Crippen molar-refractivity contribution in [1.82, 2.24) is 15.5 Å². The lowest BCUT2D eigenvalue weighted by atomic mass is 9.82. The molecule has 5 nitrogen and oxygen atoms in total. The molecular weight excluding hydrogens is 436 g/mol. The Bertz CT molecular complexity index is 408. The minimum absolute atomic E-state index is 0. The van der Waals surface area contributed by atoms with Crippen molar-refractivity contribution in [2.75, 3.05) is 20.1 Å². The Morgan fingerprint density at radius 3 is 2.38 bits per heavy atom. The van der Waals surface area contributed by atoms with Gasteiger partial charge in [-0.1, -0.05) is 6.42 Å². The van der Waals surface area contributed by atoms with Crippen LogP contribution >= 0.6 is 24.0 Å². The first kappa shape index (κ1) is 21.8. The van der Waals surface area contributed by atoms with Crippen LogP contribution in [0.1, 0.15) is 39.0 Å². The Hall–Kier alpha value is -0.290. The van der Waals surface area contributed by atoms with Crippen molar-refractivity contribution in [3.8, 4) is 0 Å². The third kappa shape index (κ3) is 5.91. The fourth-order valence-corrected chi connectivity index (χ4v) is 3.53. The van der Waals surface area contributed by atoms with E-state index in [-0.39, 0.29) is 30.0 Å². The van der Waals surface area contributed by atoms with Gasteiger partial charge in [0.2, 0.25) is 0 Å². The van der Waals surface area contributed by atoms with E-state index in [0.717, 1.165) is 12.8 Å². The highest BCUT2D eigenvalue weighted by Gasteiger charge is 2.38. The lowest BCUT2D eigenvalue weighted by Gasteiger charge is -2.47. The van der Waals surface area contributed by atoms with Crippen LogP contribution in [0.5, 0.6) is 0 Å². The molecule has 0 aromatic carbocycles. The number of rotatable bonds is 4. The minimum Gasteiger partial charge on any atom is -0.382 e. The molecule has 3 atom stereocenters. The van der Waals surface area contributed by atoms with E-state index in [0.29, 0.717) is 24.6 Å². The van der Waals surface area contributed by atoms with E-state index in [2.05, 4.69) is 27.6 Å². The summed E-state index contributed by atoms with van der Waals surface area (Å²) in [5.74, 6) is 0.350. The Morgan fingerprint density at radius 1 is 1.29 bits per heavy atom. The van der Waals surface area contributed by atoms with E-state index in [9.17, 15) is 13.2 Å². The molecule has 0 aromatic heterocycles. The predicted octanol–water partition coefficient (Wildman–Crippen LogP) is 2.10. The first-order valence-electron chi connectivity index (χ1n) is 8.32. The molecular formula is C15H28F3IN4O. The first-order valence-corrected chi connectivity index (χ1v) is 8.32. The highest BCUT2D eigenvalue weighted by molar-refractivity contribution is 14.0. The van der Waals surface area contributed by atoms with Gasteiger partial charge < -0.3 is 20.6 Å². The molecule has 9 heteroatoms. The van der Waals surface area contributed by atoms with Gasteiger partial charge in [0.1, 0.15) is 0 Å². The maximum Gasteiger partial charge on any atom is 0.416 e. The van der Waals surface area contributed by atoms with Gasteiger partial charge in [-0.25, -0.2) is 0 Å². The molecule has 2 heterocycles. The number of aliphatic hydroxyl groups is 1. The summed E-state index contributed by atoms with van der Waals surface area (Å²) in [5.41, 5.74) is 0. The molecule has 142 valence electrons.